The predicted molar refractivity (Wildman–Crippen MR) is 70.6 cm³/mol. The number of nitriles is 1. The molecule has 17 heavy (non-hydrogen) atoms. The fourth-order valence-corrected chi connectivity index (χ4v) is 2.84. The van der Waals surface area contributed by atoms with Crippen LogP contribution in [0.5, 0.6) is 0 Å². The number of hydrogen-bond donors (Lipinski definition) is 0. The maximum atomic E-state index is 9.22. The number of rotatable bonds is 3. The van der Waals surface area contributed by atoms with E-state index in [0.29, 0.717) is 0 Å². The molecule has 0 aliphatic carbocycles. The highest BCUT2D eigenvalue weighted by Gasteiger charge is 2.33. The Kier molecular flexibility index (Phi) is 4.03. The molecule has 2 rings (SSSR count). The Balaban J connectivity index is 1.90. The van der Waals surface area contributed by atoms with Gasteiger partial charge < -0.3 is 0 Å². The minimum atomic E-state index is -0.152. The molecule has 1 aliphatic rings. The fraction of sp³-hybridized carbons (Fsp3) is 0.538. The van der Waals surface area contributed by atoms with Gasteiger partial charge in [-0.1, -0.05) is 6.07 Å². The van der Waals surface area contributed by atoms with E-state index in [9.17, 15) is 5.26 Å². The first-order chi connectivity index (χ1) is 8.28. The molecule has 1 saturated heterocycles. The van der Waals surface area contributed by atoms with Crippen LogP contribution in [0.25, 0.3) is 0 Å². The first-order valence-electron chi connectivity index (χ1n) is 5.87. The molecule has 90 valence electrons. The smallest absolute Gasteiger partial charge is 0.104 e. The number of piperidine rings is 1. The largest absolute Gasteiger partial charge is 0.297 e. The normalized spacial score (nSPS) is 19.8. The van der Waals surface area contributed by atoms with E-state index in [1.54, 1.807) is 11.8 Å². The van der Waals surface area contributed by atoms with Crippen LogP contribution in [0.1, 0.15) is 18.5 Å². The van der Waals surface area contributed by atoms with E-state index in [-0.39, 0.29) is 4.75 Å². The second-order valence-electron chi connectivity index (χ2n) is 4.41. The van der Waals surface area contributed by atoms with Gasteiger partial charge in [0.05, 0.1) is 11.8 Å². The van der Waals surface area contributed by atoms with Crippen molar-refractivity contribution in [3.8, 4) is 6.07 Å². The average molecular weight is 247 g/mol. The van der Waals surface area contributed by atoms with Gasteiger partial charge in [0, 0.05) is 25.8 Å². The standard InChI is InChI=1S/C13H17N3S/c1-17-13(11-14)5-8-16(9-6-13)10-12-4-2-3-7-15-12/h2-4,7H,5-6,8-10H2,1H3. The minimum Gasteiger partial charge on any atom is -0.297 e. The van der Waals surface area contributed by atoms with Crippen LogP contribution < -0.4 is 0 Å². The van der Waals surface area contributed by atoms with E-state index in [4.69, 9.17) is 0 Å². The highest BCUT2D eigenvalue weighted by molar-refractivity contribution is 8.00. The van der Waals surface area contributed by atoms with Crippen LogP contribution in [-0.2, 0) is 6.54 Å². The van der Waals surface area contributed by atoms with Gasteiger partial charge in [0.2, 0.25) is 0 Å². The summed E-state index contributed by atoms with van der Waals surface area (Å²) in [6.07, 6.45) is 5.79. The molecule has 1 aromatic rings. The SMILES string of the molecule is CSC1(C#N)CCN(Cc2ccccn2)CC1. The first kappa shape index (κ1) is 12.4. The molecule has 3 nitrogen and oxygen atoms in total. The van der Waals surface area contributed by atoms with Crippen LogP contribution in [0, 0.1) is 11.3 Å². The van der Waals surface area contributed by atoms with Gasteiger partial charge in [-0.15, -0.1) is 11.8 Å². The van der Waals surface area contributed by atoms with Crippen LogP contribution in [0.4, 0.5) is 0 Å². The Morgan fingerprint density at radius 2 is 2.24 bits per heavy atom. The molecule has 0 atom stereocenters. The van der Waals surface area contributed by atoms with Crippen molar-refractivity contribution in [2.45, 2.75) is 24.1 Å². The van der Waals surface area contributed by atoms with Crippen LogP contribution in [0.2, 0.25) is 0 Å². The van der Waals surface area contributed by atoms with Crippen LogP contribution >= 0.6 is 11.8 Å². The van der Waals surface area contributed by atoms with Crippen LogP contribution in [-0.4, -0.2) is 34.0 Å². The van der Waals surface area contributed by atoms with Gasteiger partial charge in [0.15, 0.2) is 0 Å². The first-order valence-corrected chi connectivity index (χ1v) is 7.09. The van der Waals surface area contributed by atoms with E-state index < -0.39 is 0 Å². The molecule has 1 fully saturated rings. The zero-order valence-corrected chi connectivity index (χ0v) is 10.9. The van der Waals surface area contributed by atoms with Crippen molar-refractivity contribution in [2.24, 2.45) is 0 Å². The Hall–Kier alpha value is -1.05. The summed E-state index contributed by atoms with van der Waals surface area (Å²) >= 11 is 1.70. The Morgan fingerprint density at radius 1 is 1.47 bits per heavy atom. The molecule has 2 heterocycles. The molecule has 4 heteroatoms. The molecule has 0 aromatic carbocycles. The number of pyridine rings is 1. The molecule has 0 saturated carbocycles. The van der Waals surface area contributed by atoms with Gasteiger partial charge >= 0.3 is 0 Å². The number of thioether (sulfide) groups is 1. The lowest BCUT2D eigenvalue weighted by atomic mass is 9.97. The molecular weight excluding hydrogens is 230 g/mol. The molecule has 0 amide bonds. The highest BCUT2D eigenvalue weighted by atomic mass is 32.2. The van der Waals surface area contributed by atoms with E-state index in [1.807, 2.05) is 24.6 Å². The highest BCUT2D eigenvalue weighted by Crippen LogP contribution is 2.33. The summed E-state index contributed by atoms with van der Waals surface area (Å²) in [5.74, 6) is 0. The average Bonchev–Trinajstić information content (AvgIpc) is 2.41. The van der Waals surface area contributed by atoms with Crippen molar-refractivity contribution in [1.82, 2.24) is 9.88 Å². The van der Waals surface area contributed by atoms with Crippen molar-refractivity contribution in [3.05, 3.63) is 30.1 Å². The Bertz CT molecular complexity index is 391. The Morgan fingerprint density at radius 3 is 2.76 bits per heavy atom. The maximum absolute atomic E-state index is 9.22. The topological polar surface area (TPSA) is 39.9 Å². The second kappa shape index (κ2) is 5.52. The van der Waals surface area contributed by atoms with Gasteiger partial charge in [-0.3, -0.25) is 9.88 Å². The predicted octanol–water partition coefficient (Wildman–Crippen LogP) is 2.30. The van der Waals surface area contributed by atoms with Crippen molar-refractivity contribution in [3.63, 3.8) is 0 Å². The summed E-state index contributed by atoms with van der Waals surface area (Å²) in [5, 5.41) is 9.22. The number of likely N-dealkylation sites (tertiary alicyclic amines) is 1. The third kappa shape index (κ3) is 2.99. The summed E-state index contributed by atoms with van der Waals surface area (Å²) in [4.78, 5) is 6.72. The molecule has 1 aromatic heterocycles. The monoisotopic (exact) mass is 247 g/mol. The molecule has 0 unspecified atom stereocenters. The van der Waals surface area contributed by atoms with E-state index in [2.05, 4.69) is 22.0 Å². The van der Waals surface area contributed by atoms with Crippen molar-refractivity contribution >= 4 is 11.8 Å². The molecule has 1 aliphatic heterocycles. The minimum absolute atomic E-state index is 0.152. The van der Waals surface area contributed by atoms with E-state index in [1.165, 1.54) is 0 Å². The molecule has 0 radical (unpaired) electrons. The summed E-state index contributed by atoms with van der Waals surface area (Å²) in [6, 6.07) is 8.49. The van der Waals surface area contributed by atoms with Crippen LogP contribution in [0.3, 0.4) is 0 Å². The van der Waals surface area contributed by atoms with Crippen molar-refractivity contribution in [1.29, 1.82) is 5.26 Å². The summed E-state index contributed by atoms with van der Waals surface area (Å²) in [5.41, 5.74) is 1.11. The molecule has 0 spiro atoms. The van der Waals surface area contributed by atoms with E-state index >= 15 is 0 Å². The van der Waals surface area contributed by atoms with Crippen molar-refractivity contribution in [2.75, 3.05) is 19.3 Å². The Labute approximate surface area is 107 Å². The van der Waals surface area contributed by atoms with Gasteiger partial charge in [0.1, 0.15) is 4.75 Å². The van der Waals surface area contributed by atoms with Gasteiger partial charge in [-0.25, -0.2) is 0 Å². The quantitative estimate of drug-likeness (QED) is 0.821. The number of nitrogens with zero attached hydrogens (tertiary/aromatic N) is 3. The third-order valence-electron chi connectivity index (χ3n) is 3.37. The number of hydrogen-bond acceptors (Lipinski definition) is 4. The zero-order valence-electron chi connectivity index (χ0n) is 10.1. The summed E-state index contributed by atoms with van der Waals surface area (Å²) < 4.78 is -0.152. The lowest BCUT2D eigenvalue weighted by Gasteiger charge is -2.35. The summed E-state index contributed by atoms with van der Waals surface area (Å²) in [7, 11) is 0. The maximum Gasteiger partial charge on any atom is 0.104 e. The number of aromatic nitrogens is 1. The van der Waals surface area contributed by atoms with E-state index in [0.717, 1.165) is 38.2 Å². The second-order valence-corrected chi connectivity index (χ2v) is 5.60. The van der Waals surface area contributed by atoms with Crippen molar-refractivity contribution < 1.29 is 0 Å². The molecule has 0 N–H and O–H groups in total. The van der Waals surface area contributed by atoms with Gasteiger partial charge in [-0.05, 0) is 31.2 Å². The molecule has 0 bridgehead atoms. The van der Waals surface area contributed by atoms with Crippen LogP contribution in [0.15, 0.2) is 24.4 Å². The zero-order chi connectivity index (χ0) is 12.1. The lowest BCUT2D eigenvalue weighted by Crippen LogP contribution is -2.41. The molecular formula is C13H17N3S. The fourth-order valence-electron chi connectivity index (χ4n) is 2.15. The summed E-state index contributed by atoms with van der Waals surface area (Å²) in [6.45, 7) is 2.88. The lowest BCUT2D eigenvalue weighted by molar-refractivity contribution is 0.207. The third-order valence-corrected chi connectivity index (χ3v) is 4.65. The van der Waals surface area contributed by atoms with Gasteiger partial charge in [-0.2, -0.15) is 5.26 Å². The van der Waals surface area contributed by atoms with Gasteiger partial charge in [0.25, 0.3) is 0 Å².